The molecule has 0 spiro atoms. The average molecular weight is 349 g/mol. The standard InChI is InChI=1S/C14H12IN3/c1-2-10(13-8-14(15)18-9-17-13)7-11-5-3-4-6-12(11)16/h2-9H,1,16H2/b10-7+. The topological polar surface area (TPSA) is 51.8 Å². The highest BCUT2D eigenvalue weighted by molar-refractivity contribution is 14.1. The van der Waals surface area contributed by atoms with Crippen LogP contribution in [0.4, 0.5) is 5.69 Å². The van der Waals surface area contributed by atoms with E-state index in [9.17, 15) is 0 Å². The normalized spacial score (nSPS) is 11.3. The number of benzene rings is 1. The van der Waals surface area contributed by atoms with Gasteiger partial charge in [0.05, 0.1) is 5.69 Å². The lowest BCUT2D eigenvalue weighted by Gasteiger charge is -2.04. The first kappa shape index (κ1) is 12.8. The van der Waals surface area contributed by atoms with Crippen LogP contribution in [0, 0.1) is 3.70 Å². The summed E-state index contributed by atoms with van der Waals surface area (Å²) >= 11 is 2.16. The van der Waals surface area contributed by atoms with Crippen molar-refractivity contribution in [3.05, 3.63) is 64.3 Å². The average Bonchev–Trinajstić information content (AvgIpc) is 2.38. The van der Waals surface area contributed by atoms with E-state index in [1.165, 1.54) is 0 Å². The maximum absolute atomic E-state index is 5.92. The van der Waals surface area contributed by atoms with Crippen LogP contribution >= 0.6 is 22.6 Å². The monoisotopic (exact) mass is 349 g/mol. The van der Waals surface area contributed by atoms with Gasteiger partial charge in [0.15, 0.2) is 0 Å². The van der Waals surface area contributed by atoms with E-state index in [1.54, 1.807) is 12.4 Å². The van der Waals surface area contributed by atoms with E-state index in [0.29, 0.717) is 0 Å². The minimum absolute atomic E-state index is 0.737. The molecule has 3 nitrogen and oxygen atoms in total. The molecule has 0 unspecified atom stereocenters. The van der Waals surface area contributed by atoms with Crippen molar-refractivity contribution in [1.29, 1.82) is 0 Å². The molecule has 2 rings (SSSR count). The van der Waals surface area contributed by atoms with E-state index in [4.69, 9.17) is 5.73 Å². The van der Waals surface area contributed by atoms with Gasteiger partial charge in [0.1, 0.15) is 10.0 Å². The van der Waals surface area contributed by atoms with Gasteiger partial charge in [0.25, 0.3) is 0 Å². The molecule has 2 aromatic rings. The second-order valence-electron chi connectivity index (χ2n) is 3.66. The number of para-hydroxylation sites is 1. The lowest BCUT2D eigenvalue weighted by molar-refractivity contribution is 1.12. The summed E-state index contributed by atoms with van der Waals surface area (Å²) < 4.78 is 0.895. The van der Waals surface area contributed by atoms with Gasteiger partial charge in [-0.15, -0.1) is 0 Å². The summed E-state index contributed by atoms with van der Waals surface area (Å²) in [7, 11) is 0. The van der Waals surface area contributed by atoms with Gasteiger partial charge in [-0.2, -0.15) is 0 Å². The van der Waals surface area contributed by atoms with Gasteiger partial charge in [-0.1, -0.05) is 30.9 Å². The van der Waals surface area contributed by atoms with Gasteiger partial charge in [-0.05, 0) is 46.4 Å². The van der Waals surface area contributed by atoms with Crippen LogP contribution in [-0.2, 0) is 0 Å². The summed E-state index contributed by atoms with van der Waals surface area (Å²) in [5.41, 5.74) is 9.38. The van der Waals surface area contributed by atoms with E-state index in [1.807, 2.05) is 36.4 Å². The molecule has 0 aliphatic heterocycles. The Bertz CT molecular complexity index is 605. The van der Waals surface area contributed by atoms with E-state index in [2.05, 4.69) is 39.1 Å². The number of nitrogen functional groups attached to an aromatic ring is 1. The molecule has 0 saturated heterocycles. The second kappa shape index (κ2) is 5.77. The number of aromatic nitrogens is 2. The van der Waals surface area contributed by atoms with Crippen LogP contribution in [0.2, 0.25) is 0 Å². The molecular weight excluding hydrogens is 337 g/mol. The highest BCUT2D eigenvalue weighted by Crippen LogP contribution is 2.21. The first-order valence-electron chi connectivity index (χ1n) is 5.37. The summed E-state index contributed by atoms with van der Waals surface area (Å²) in [6.07, 6.45) is 5.29. The molecule has 0 atom stereocenters. The molecule has 2 N–H and O–H groups in total. The number of nitrogens with zero attached hydrogens (tertiary/aromatic N) is 2. The number of hydrogen-bond donors (Lipinski definition) is 1. The molecule has 18 heavy (non-hydrogen) atoms. The largest absolute Gasteiger partial charge is 0.398 e. The molecule has 0 amide bonds. The van der Waals surface area contributed by atoms with Gasteiger partial charge in [-0.25, -0.2) is 9.97 Å². The van der Waals surface area contributed by atoms with Crippen LogP contribution < -0.4 is 5.73 Å². The van der Waals surface area contributed by atoms with E-state index in [0.717, 1.165) is 26.2 Å². The van der Waals surface area contributed by atoms with Crippen molar-refractivity contribution in [2.45, 2.75) is 0 Å². The van der Waals surface area contributed by atoms with Crippen LogP contribution in [0.25, 0.3) is 11.6 Å². The zero-order valence-corrected chi connectivity index (χ0v) is 11.8. The maximum atomic E-state index is 5.92. The zero-order chi connectivity index (χ0) is 13.0. The Balaban J connectivity index is 2.46. The number of rotatable bonds is 3. The smallest absolute Gasteiger partial charge is 0.117 e. The number of hydrogen-bond acceptors (Lipinski definition) is 3. The fourth-order valence-electron chi connectivity index (χ4n) is 1.54. The van der Waals surface area contributed by atoms with E-state index < -0.39 is 0 Å². The molecule has 1 aromatic carbocycles. The number of allylic oxidation sites excluding steroid dienone is 2. The zero-order valence-electron chi connectivity index (χ0n) is 9.68. The lowest BCUT2D eigenvalue weighted by Crippen LogP contribution is -1.92. The molecule has 0 bridgehead atoms. The third-order valence-corrected chi connectivity index (χ3v) is 3.05. The number of anilines is 1. The quantitative estimate of drug-likeness (QED) is 0.400. The fourth-order valence-corrected chi connectivity index (χ4v) is 1.96. The molecule has 0 radical (unpaired) electrons. The van der Waals surface area contributed by atoms with Gasteiger partial charge in [0, 0.05) is 11.3 Å². The summed E-state index contributed by atoms with van der Waals surface area (Å²) in [6, 6.07) is 9.61. The Morgan fingerprint density at radius 3 is 2.72 bits per heavy atom. The summed E-state index contributed by atoms with van der Waals surface area (Å²) in [6.45, 7) is 3.82. The van der Waals surface area contributed by atoms with Crippen molar-refractivity contribution >= 4 is 39.9 Å². The molecule has 4 heteroatoms. The third kappa shape index (κ3) is 2.95. The van der Waals surface area contributed by atoms with E-state index >= 15 is 0 Å². The Morgan fingerprint density at radius 1 is 1.28 bits per heavy atom. The van der Waals surface area contributed by atoms with Crippen molar-refractivity contribution in [2.24, 2.45) is 0 Å². The van der Waals surface area contributed by atoms with Crippen LogP contribution in [-0.4, -0.2) is 9.97 Å². The highest BCUT2D eigenvalue weighted by atomic mass is 127. The van der Waals surface area contributed by atoms with E-state index in [-0.39, 0.29) is 0 Å². The predicted octanol–water partition coefficient (Wildman–Crippen LogP) is 3.39. The molecule has 0 aliphatic carbocycles. The Labute approximate surface area is 120 Å². The summed E-state index contributed by atoms with van der Waals surface area (Å²) in [5, 5.41) is 0. The summed E-state index contributed by atoms with van der Waals surface area (Å²) in [5.74, 6) is 0. The molecule has 0 fully saturated rings. The number of nitrogens with two attached hydrogens (primary N) is 1. The van der Waals surface area contributed by atoms with Crippen molar-refractivity contribution < 1.29 is 0 Å². The van der Waals surface area contributed by atoms with Crippen LogP contribution in [0.5, 0.6) is 0 Å². The fraction of sp³-hybridized carbons (Fsp3) is 0. The Kier molecular flexibility index (Phi) is 4.09. The van der Waals surface area contributed by atoms with Gasteiger partial charge >= 0.3 is 0 Å². The second-order valence-corrected chi connectivity index (χ2v) is 4.76. The van der Waals surface area contributed by atoms with Gasteiger partial charge in [-0.3, -0.25) is 0 Å². The lowest BCUT2D eigenvalue weighted by atomic mass is 10.1. The maximum Gasteiger partial charge on any atom is 0.117 e. The predicted molar refractivity (Wildman–Crippen MR) is 83.7 cm³/mol. The Hall–Kier alpha value is -1.69. The molecule has 90 valence electrons. The number of halogens is 1. The first-order chi connectivity index (χ1) is 8.70. The third-order valence-electron chi connectivity index (χ3n) is 2.46. The van der Waals surface area contributed by atoms with Crippen LogP contribution in [0.1, 0.15) is 11.3 Å². The van der Waals surface area contributed by atoms with Crippen molar-refractivity contribution in [3.8, 4) is 0 Å². The van der Waals surface area contributed by atoms with Crippen molar-refractivity contribution in [1.82, 2.24) is 9.97 Å². The molecule has 1 heterocycles. The Morgan fingerprint density at radius 2 is 2.06 bits per heavy atom. The molecular formula is C14H12IN3. The van der Waals surface area contributed by atoms with Crippen LogP contribution in [0.15, 0.2) is 49.3 Å². The molecule has 0 aliphatic rings. The minimum atomic E-state index is 0.737. The first-order valence-corrected chi connectivity index (χ1v) is 6.45. The molecule has 1 aromatic heterocycles. The van der Waals surface area contributed by atoms with Crippen molar-refractivity contribution in [2.75, 3.05) is 5.73 Å². The minimum Gasteiger partial charge on any atom is -0.398 e. The highest BCUT2D eigenvalue weighted by Gasteiger charge is 2.02. The van der Waals surface area contributed by atoms with Gasteiger partial charge in [0.2, 0.25) is 0 Å². The van der Waals surface area contributed by atoms with Crippen molar-refractivity contribution in [3.63, 3.8) is 0 Å². The SMILES string of the molecule is C=C/C(=C\c1ccccc1N)c1cc(I)ncn1. The molecule has 0 saturated carbocycles. The van der Waals surface area contributed by atoms with Gasteiger partial charge < -0.3 is 5.73 Å². The summed E-state index contributed by atoms with van der Waals surface area (Å²) in [4.78, 5) is 8.31. The van der Waals surface area contributed by atoms with Crippen LogP contribution in [0.3, 0.4) is 0 Å².